The van der Waals surface area contributed by atoms with Crippen LogP contribution in [-0.4, -0.2) is 52.0 Å². The minimum atomic E-state index is -8.64. The van der Waals surface area contributed by atoms with E-state index in [1.54, 1.807) is 0 Å². The molecule has 0 radical (unpaired) electrons. The van der Waals surface area contributed by atoms with Gasteiger partial charge >= 0.3 is 47.6 Å². The Kier molecular flexibility index (Phi) is 12.1. The molecule has 0 N–H and O–H groups in total. The minimum Gasteiger partial charge on any atom is -0.200 e. The molecule has 0 fully saturated rings. The first-order chi connectivity index (χ1) is 17.0. The van der Waals surface area contributed by atoms with E-state index in [-0.39, 0.29) is 6.42 Å². The molecule has 0 nitrogen and oxygen atoms in total. The van der Waals surface area contributed by atoms with Crippen molar-refractivity contribution in [3.8, 4) is 0 Å². The van der Waals surface area contributed by atoms with E-state index in [0.29, 0.717) is 12.8 Å². The van der Waals surface area contributed by atoms with Gasteiger partial charge in [-0.1, -0.05) is 51.9 Å². The second-order valence-corrected chi connectivity index (χ2v) is 10.5. The van der Waals surface area contributed by atoms with Gasteiger partial charge in [0.15, 0.2) is 0 Å². The summed E-state index contributed by atoms with van der Waals surface area (Å²) in [6.45, 7) is 1.93. The summed E-state index contributed by atoms with van der Waals surface area (Å²) in [5.74, 6) is -56.4. The Morgan fingerprint density at radius 2 is 0.718 bits per heavy atom. The van der Waals surface area contributed by atoms with Crippen molar-refractivity contribution in [1.29, 1.82) is 0 Å². The molecule has 0 amide bonds. The standard InChI is InChI=1S/C20H23Cl2F17/c1-2-3-4-5-6-7-8-9-12(21,22)10-11-13(23,24)14(25,26)15(27,28)16(29,30)17(31,32)18(33,34)19(35,36)20(37,38)39/h2-11H2,1H3. The van der Waals surface area contributed by atoms with Gasteiger partial charge in [0, 0.05) is 6.42 Å². The van der Waals surface area contributed by atoms with Crippen molar-refractivity contribution in [2.45, 2.75) is 123 Å². The second kappa shape index (κ2) is 12.3. The van der Waals surface area contributed by atoms with Crippen LogP contribution in [0.3, 0.4) is 0 Å². The predicted molar refractivity (Wildman–Crippen MR) is 107 cm³/mol. The smallest absolute Gasteiger partial charge is 0.200 e. The van der Waals surface area contributed by atoms with Crippen LogP contribution in [0.4, 0.5) is 74.6 Å². The number of hydrogen-bond donors (Lipinski definition) is 0. The number of rotatable bonds is 17. The quantitative estimate of drug-likeness (QED) is 0.0830. The highest BCUT2D eigenvalue weighted by Gasteiger charge is 2.95. The van der Waals surface area contributed by atoms with Crippen molar-refractivity contribution in [3.05, 3.63) is 0 Å². The van der Waals surface area contributed by atoms with Gasteiger partial charge in [0.2, 0.25) is 0 Å². The fraction of sp³-hybridized carbons (Fsp3) is 1.00. The summed E-state index contributed by atoms with van der Waals surface area (Å²) in [5.41, 5.74) is 0. The maximum atomic E-state index is 14.0. The highest BCUT2D eigenvalue weighted by Crippen LogP contribution is 2.64. The van der Waals surface area contributed by atoms with Gasteiger partial charge in [-0.25, -0.2) is 0 Å². The first-order valence-corrected chi connectivity index (χ1v) is 11.9. The summed E-state index contributed by atoms with van der Waals surface area (Å²) in [6, 6.07) is 0. The number of unbranched alkanes of at least 4 members (excludes halogenated alkanes) is 6. The molecule has 0 aliphatic carbocycles. The molecule has 0 unspecified atom stereocenters. The van der Waals surface area contributed by atoms with Gasteiger partial charge in [0.25, 0.3) is 0 Å². The molecule has 0 bridgehead atoms. The van der Waals surface area contributed by atoms with Crippen LogP contribution < -0.4 is 0 Å². The number of halogens is 19. The van der Waals surface area contributed by atoms with Gasteiger partial charge in [-0.3, -0.25) is 0 Å². The van der Waals surface area contributed by atoms with E-state index >= 15 is 0 Å². The van der Waals surface area contributed by atoms with Crippen LogP contribution in [0, 0.1) is 0 Å². The zero-order chi connectivity index (χ0) is 31.6. The molecule has 0 saturated heterocycles. The van der Waals surface area contributed by atoms with Crippen LogP contribution in [0.15, 0.2) is 0 Å². The SMILES string of the molecule is CCCCCCCCCC(Cl)(Cl)CCC(F)(F)C(F)(F)C(F)(F)C(F)(F)C(F)(F)C(F)(F)C(F)(F)C(F)(F)F. The molecular weight excluding hydrogens is 634 g/mol. The van der Waals surface area contributed by atoms with Crippen molar-refractivity contribution in [2.75, 3.05) is 0 Å². The Morgan fingerprint density at radius 3 is 1.10 bits per heavy atom. The summed E-state index contributed by atoms with van der Waals surface area (Å²) >= 11 is 11.3. The summed E-state index contributed by atoms with van der Waals surface area (Å²) in [4.78, 5) is 0. The fourth-order valence-electron chi connectivity index (χ4n) is 3.16. The predicted octanol–water partition coefficient (Wildman–Crippen LogP) is 11.1. The maximum Gasteiger partial charge on any atom is 0.460 e. The highest BCUT2D eigenvalue weighted by molar-refractivity contribution is 6.48. The Hall–Kier alpha value is -0.610. The zero-order valence-electron chi connectivity index (χ0n) is 19.8. The molecule has 0 aliphatic heterocycles. The molecule has 0 aromatic carbocycles. The summed E-state index contributed by atoms with van der Waals surface area (Å²) in [6.07, 6.45) is -7.88. The van der Waals surface area contributed by atoms with E-state index in [4.69, 9.17) is 23.2 Å². The normalized spacial score (nSPS) is 15.7. The van der Waals surface area contributed by atoms with Gasteiger partial charge in [-0.05, 0) is 12.8 Å². The lowest BCUT2D eigenvalue weighted by atomic mass is 9.87. The molecular formula is C20H23Cl2F17. The molecule has 0 atom stereocenters. The van der Waals surface area contributed by atoms with Crippen LogP contribution >= 0.6 is 23.2 Å². The molecule has 0 spiro atoms. The highest BCUT2D eigenvalue weighted by atomic mass is 35.5. The van der Waals surface area contributed by atoms with Crippen LogP contribution in [-0.2, 0) is 0 Å². The molecule has 0 heterocycles. The first-order valence-electron chi connectivity index (χ1n) is 11.1. The lowest BCUT2D eigenvalue weighted by Gasteiger charge is -2.43. The molecule has 0 saturated carbocycles. The summed E-state index contributed by atoms with van der Waals surface area (Å²) < 4.78 is 224. The lowest BCUT2D eigenvalue weighted by molar-refractivity contribution is -0.461. The van der Waals surface area contributed by atoms with Crippen molar-refractivity contribution >= 4 is 23.2 Å². The number of hydrogen-bond acceptors (Lipinski definition) is 0. The third-order valence-corrected chi connectivity index (χ3v) is 6.49. The van der Waals surface area contributed by atoms with Crippen LogP contribution in [0.25, 0.3) is 0 Å². The summed E-state index contributed by atoms with van der Waals surface area (Å²) in [5, 5.41) is 0. The number of alkyl halides is 19. The molecule has 0 rings (SSSR count). The van der Waals surface area contributed by atoms with Crippen molar-refractivity contribution < 1.29 is 74.6 Å². The Labute approximate surface area is 221 Å². The van der Waals surface area contributed by atoms with Crippen molar-refractivity contribution in [1.82, 2.24) is 0 Å². The Balaban J connectivity index is 5.86. The Bertz CT molecular complexity index is 775. The summed E-state index contributed by atoms with van der Waals surface area (Å²) in [7, 11) is 0. The first kappa shape index (κ1) is 38.4. The third kappa shape index (κ3) is 7.43. The van der Waals surface area contributed by atoms with Crippen molar-refractivity contribution in [3.63, 3.8) is 0 Å². The molecule has 0 aromatic heterocycles. The molecule has 0 aromatic rings. The van der Waals surface area contributed by atoms with E-state index in [9.17, 15) is 74.6 Å². The monoisotopic (exact) mass is 656 g/mol. The largest absolute Gasteiger partial charge is 0.460 e. The van der Waals surface area contributed by atoms with Gasteiger partial charge in [-0.2, -0.15) is 74.6 Å². The van der Waals surface area contributed by atoms with Gasteiger partial charge < -0.3 is 0 Å². The zero-order valence-corrected chi connectivity index (χ0v) is 21.3. The molecule has 236 valence electrons. The molecule has 19 heteroatoms. The van der Waals surface area contributed by atoms with Gasteiger partial charge in [-0.15, -0.1) is 23.2 Å². The topological polar surface area (TPSA) is 0 Å². The van der Waals surface area contributed by atoms with Crippen molar-refractivity contribution in [2.24, 2.45) is 0 Å². The van der Waals surface area contributed by atoms with E-state index in [1.165, 1.54) is 0 Å². The third-order valence-electron chi connectivity index (χ3n) is 5.74. The fourth-order valence-corrected chi connectivity index (χ4v) is 3.62. The van der Waals surface area contributed by atoms with Gasteiger partial charge in [0.1, 0.15) is 4.33 Å². The van der Waals surface area contributed by atoms with E-state index in [1.807, 2.05) is 6.92 Å². The average Bonchev–Trinajstić information content (AvgIpc) is 2.75. The van der Waals surface area contributed by atoms with Gasteiger partial charge in [0.05, 0.1) is 0 Å². The molecule has 39 heavy (non-hydrogen) atoms. The second-order valence-electron chi connectivity index (χ2n) is 8.88. The van der Waals surface area contributed by atoms with E-state index in [2.05, 4.69) is 0 Å². The van der Waals surface area contributed by atoms with Crippen LogP contribution in [0.1, 0.15) is 71.1 Å². The van der Waals surface area contributed by atoms with E-state index in [0.717, 1.165) is 25.7 Å². The maximum absolute atomic E-state index is 14.0. The van der Waals surface area contributed by atoms with E-state index < -0.39 is 71.2 Å². The lowest BCUT2D eigenvalue weighted by Crippen LogP contribution is -2.74. The van der Waals surface area contributed by atoms with Crippen LogP contribution in [0.5, 0.6) is 0 Å². The van der Waals surface area contributed by atoms with Crippen LogP contribution in [0.2, 0.25) is 0 Å². The minimum absolute atomic E-state index is 0.0873. The average molecular weight is 657 g/mol. The Morgan fingerprint density at radius 1 is 0.385 bits per heavy atom. The molecule has 0 aliphatic rings.